The van der Waals surface area contributed by atoms with E-state index in [1.807, 2.05) is 32.0 Å². The van der Waals surface area contributed by atoms with Crippen LogP contribution in [0.2, 0.25) is 0 Å². The first-order valence-corrected chi connectivity index (χ1v) is 14.4. The largest absolute Gasteiger partial charge is 0.465 e. The van der Waals surface area contributed by atoms with E-state index in [1.54, 1.807) is 20.8 Å². The maximum atomic E-state index is 15.7. The number of amides is 2. The number of carbonyl (C=O) groups is 2. The molecule has 11 heteroatoms. The Kier molecular flexibility index (Phi) is 6.74. The molecule has 2 aliphatic rings. The van der Waals surface area contributed by atoms with E-state index in [9.17, 15) is 19.1 Å². The normalized spacial score (nSPS) is 19.5. The number of hydrogen-bond acceptors (Lipinski definition) is 4. The summed E-state index contributed by atoms with van der Waals surface area (Å²) < 4.78 is 34.1. The van der Waals surface area contributed by atoms with Gasteiger partial charge in [0.2, 0.25) is 0 Å². The van der Waals surface area contributed by atoms with Gasteiger partial charge in [0.1, 0.15) is 28.8 Å². The van der Waals surface area contributed by atoms with Crippen LogP contribution >= 0.6 is 0 Å². The molecule has 0 radical (unpaired) electrons. The SMILES string of the molecule is Cc1ccc2cc(-c3nn4cc(C(=O)N5C[C@H](F)C[C@@H](N(C(=O)O)C(C)(C)C)C5)cc(F)c4c3C)n(CC3CC3)c2n1. The van der Waals surface area contributed by atoms with Crippen LogP contribution in [-0.2, 0) is 6.54 Å². The van der Waals surface area contributed by atoms with Crippen molar-refractivity contribution in [1.82, 2.24) is 29.0 Å². The number of pyridine rings is 2. The van der Waals surface area contributed by atoms with Crippen molar-refractivity contribution in [1.29, 1.82) is 0 Å². The van der Waals surface area contributed by atoms with Gasteiger partial charge in [-0.25, -0.2) is 23.1 Å². The quantitative estimate of drug-likeness (QED) is 0.321. The Hall–Kier alpha value is -4.02. The van der Waals surface area contributed by atoms with E-state index in [1.165, 1.54) is 20.5 Å². The van der Waals surface area contributed by atoms with E-state index in [2.05, 4.69) is 4.57 Å². The molecule has 1 aliphatic carbocycles. The average Bonchev–Trinajstić information content (AvgIpc) is 3.56. The summed E-state index contributed by atoms with van der Waals surface area (Å²) in [7, 11) is 0. The van der Waals surface area contributed by atoms with Crippen LogP contribution in [0.1, 0.15) is 61.6 Å². The van der Waals surface area contributed by atoms with Gasteiger partial charge in [-0.2, -0.15) is 5.10 Å². The number of carbonyl (C=O) groups excluding carboxylic acids is 1. The highest BCUT2D eigenvalue weighted by Gasteiger charge is 2.40. The summed E-state index contributed by atoms with van der Waals surface area (Å²) >= 11 is 0. The van der Waals surface area contributed by atoms with Gasteiger partial charge in [0, 0.05) is 47.9 Å². The van der Waals surface area contributed by atoms with E-state index in [-0.39, 0.29) is 30.6 Å². The van der Waals surface area contributed by atoms with E-state index < -0.39 is 35.6 Å². The first-order valence-electron chi connectivity index (χ1n) is 14.4. The Balaban J connectivity index is 1.37. The summed E-state index contributed by atoms with van der Waals surface area (Å²) in [4.78, 5) is 32.9. The molecule has 2 fully saturated rings. The summed E-state index contributed by atoms with van der Waals surface area (Å²) in [6, 6.07) is 6.46. The Morgan fingerprint density at radius 2 is 1.88 bits per heavy atom. The number of likely N-dealkylation sites (tertiary alicyclic amines) is 1. The molecule has 0 unspecified atom stereocenters. The van der Waals surface area contributed by atoms with Crippen LogP contribution in [0.25, 0.3) is 27.9 Å². The van der Waals surface area contributed by atoms with Gasteiger partial charge >= 0.3 is 6.09 Å². The predicted octanol–water partition coefficient (Wildman–Crippen LogP) is 5.85. The maximum absolute atomic E-state index is 15.7. The third kappa shape index (κ3) is 4.98. The lowest BCUT2D eigenvalue weighted by Crippen LogP contribution is -2.59. The number of aromatic nitrogens is 4. The minimum absolute atomic E-state index is 0.00824. The standard InChI is InChI=1S/C31H36F2N6O3/c1-17-6-9-20-11-25(37(28(20)34-17)13-19-7-8-19)26-18(2)27-24(33)10-21(14-38(27)35-26)29(40)36-15-22(32)12-23(16-36)39(30(41)42)31(3,4)5/h6,9-11,14,19,22-23H,7-8,12-13,15-16H2,1-5H3,(H,41,42)/t22-,23-/m1/s1. The predicted molar refractivity (Wildman–Crippen MR) is 155 cm³/mol. The first-order chi connectivity index (χ1) is 19.8. The van der Waals surface area contributed by atoms with Crippen LogP contribution in [0.15, 0.2) is 30.5 Å². The molecule has 1 N–H and O–H groups in total. The molecule has 6 rings (SSSR count). The molecule has 5 heterocycles. The molecule has 1 saturated heterocycles. The molecule has 42 heavy (non-hydrogen) atoms. The second-order valence-corrected chi connectivity index (χ2v) is 12.8. The number of nitrogens with zero attached hydrogens (tertiary/aromatic N) is 6. The number of aryl methyl sites for hydroxylation is 2. The molecular formula is C31H36F2N6O3. The number of hydrogen-bond donors (Lipinski definition) is 1. The van der Waals surface area contributed by atoms with Crippen LogP contribution in [0.5, 0.6) is 0 Å². The van der Waals surface area contributed by atoms with Crippen molar-refractivity contribution in [2.75, 3.05) is 13.1 Å². The molecule has 222 valence electrons. The van der Waals surface area contributed by atoms with Gasteiger partial charge in [0.25, 0.3) is 5.91 Å². The molecule has 0 bridgehead atoms. The summed E-state index contributed by atoms with van der Waals surface area (Å²) in [5, 5.41) is 15.6. The van der Waals surface area contributed by atoms with Gasteiger partial charge in [-0.15, -0.1) is 0 Å². The second-order valence-electron chi connectivity index (χ2n) is 12.8. The minimum Gasteiger partial charge on any atom is -0.465 e. The summed E-state index contributed by atoms with van der Waals surface area (Å²) in [5.41, 5.74) is 3.39. The van der Waals surface area contributed by atoms with E-state index in [0.717, 1.165) is 47.9 Å². The number of halogens is 2. The number of rotatable bonds is 5. The Bertz CT molecular complexity index is 1720. The Morgan fingerprint density at radius 3 is 2.55 bits per heavy atom. The smallest absolute Gasteiger partial charge is 0.408 e. The molecule has 2 atom stereocenters. The maximum Gasteiger partial charge on any atom is 0.408 e. The van der Waals surface area contributed by atoms with Crippen molar-refractivity contribution < 1.29 is 23.5 Å². The topological polar surface area (TPSA) is 96.0 Å². The molecule has 0 spiro atoms. The van der Waals surface area contributed by atoms with Gasteiger partial charge in [0.15, 0.2) is 0 Å². The fourth-order valence-corrected chi connectivity index (χ4v) is 6.33. The molecule has 4 aromatic rings. The second kappa shape index (κ2) is 10.1. The van der Waals surface area contributed by atoms with Gasteiger partial charge in [-0.1, -0.05) is 0 Å². The highest BCUT2D eigenvalue weighted by molar-refractivity contribution is 5.95. The fourth-order valence-electron chi connectivity index (χ4n) is 6.33. The molecule has 0 aromatic carbocycles. The molecule has 9 nitrogen and oxygen atoms in total. The summed E-state index contributed by atoms with van der Waals surface area (Å²) in [5.74, 6) is -0.606. The summed E-state index contributed by atoms with van der Waals surface area (Å²) in [6.07, 6.45) is 1.20. The van der Waals surface area contributed by atoms with Gasteiger partial charge < -0.3 is 14.6 Å². The van der Waals surface area contributed by atoms with Crippen LogP contribution in [0, 0.1) is 25.6 Å². The van der Waals surface area contributed by atoms with Crippen molar-refractivity contribution in [3.05, 3.63) is 53.1 Å². The number of fused-ring (bicyclic) bond motifs is 2. The van der Waals surface area contributed by atoms with Crippen molar-refractivity contribution in [3.63, 3.8) is 0 Å². The van der Waals surface area contributed by atoms with E-state index >= 15 is 4.39 Å². The van der Waals surface area contributed by atoms with E-state index in [0.29, 0.717) is 17.2 Å². The van der Waals surface area contributed by atoms with Gasteiger partial charge in [-0.3, -0.25) is 9.69 Å². The van der Waals surface area contributed by atoms with Crippen molar-refractivity contribution in [3.8, 4) is 11.4 Å². The molecule has 1 saturated carbocycles. The molecule has 1 aliphatic heterocycles. The third-order valence-electron chi connectivity index (χ3n) is 8.39. The lowest BCUT2D eigenvalue weighted by Gasteiger charge is -2.45. The highest BCUT2D eigenvalue weighted by atomic mass is 19.1. The van der Waals surface area contributed by atoms with Gasteiger partial charge in [0.05, 0.1) is 23.8 Å². The van der Waals surface area contributed by atoms with Crippen LogP contribution in [0.3, 0.4) is 0 Å². The molecule has 2 amide bonds. The monoisotopic (exact) mass is 578 g/mol. The Morgan fingerprint density at radius 1 is 1.14 bits per heavy atom. The van der Waals surface area contributed by atoms with Crippen LogP contribution in [-0.4, -0.2) is 76.9 Å². The zero-order valence-electron chi connectivity index (χ0n) is 24.6. The summed E-state index contributed by atoms with van der Waals surface area (Å²) in [6.45, 7) is 9.60. The minimum atomic E-state index is -1.41. The van der Waals surface area contributed by atoms with Crippen molar-refractivity contribution >= 4 is 28.6 Å². The van der Waals surface area contributed by atoms with Crippen LogP contribution < -0.4 is 0 Å². The lowest BCUT2D eigenvalue weighted by molar-refractivity contribution is 0.0125. The average molecular weight is 579 g/mol. The van der Waals surface area contributed by atoms with E-state index in [4.69, 9.17) is 10.1 Å². The zero-order valence-corrected chi connectivity index (χ0v) is 24.6. The van der Waals surface area contributed by atoms with Crippen LogP contribution in [0.4, 0.5) is 13.6 Å². The zero-order chi connectivity index (χ0) is 30.1. The first kappa shape index (κ1) is 28.1. The molecular weight excluding hydrogens is 542 g/mol. The van der Waals surface area contributed by atoms with Crippen molar-refractivity contribution in [2.24, 2.45) is 5.92 Å². The third-order valence-corrected chi connectivity index (χ3v) is 8.39. The lowest BCUT2D eigenvalue weighted by atomic mass is 9.96. The fraction of sp³-hybridized carbons (Fsp3) is 0.484. The Labute approximate surface area is 242 Å². The molecule has 4 aromatic heterocycles. The highest BCUT2D eigenvalue weighted by Crippen LogP contribution is 2.37. The number of carboxylic acid groups (broad SMARTS) is 1. The van der Waals surface area contributed by atoms with Gasteiger partial charge in [-0.05, 0) is 77.6 Å². The number of alkyl halides is 1. The number of piperidine rings is 1. The van der Waals surface area contributed by atoms with Crippen molar-refractivity contribution in [2.45, 2.75) is 78.2 Å².